The van der Waals surface area contributed by atoms with E-state index in [0.717, 1.165) is 5.69 Å². The Hall–Kier alpha value is -2.93. The van der Waals surface area contributed by atoms with Gasteiger partial charge in [-0.3, -0.25) is 14.9 Å². The van der Waals surface area contributed by atoms with Crippen LogP contribution in [-0.4, -0.2) is 16.0 Å². The predicted octanol–water partition coefficient (Wildman–Crippen LogP) is 3.49. The summed E-state index contributed by atoms with van der Waals surface area (Å²) in [5.41, 5.74) is 1.49. The molecule has 1 fully saturated rings. The van der Waals surface area contributed by atoms with Gasteiger partial charge in [-0.2, -0.15) is 0 Å². The highest BCUT2D eigenvalue weighted by molar-refractivity contribution is 8.18. The van der Waals surface area contributed by atoms with Crippen molar-refractivity contribution in [3.05, 3.63) is 75.2 Å². The van der Waals surface area contributed by atoms with Crippen LogP contribution in [0.25, 0.3) is 6.08 Å². The van der Waals surface area contributed by atoms with Crippen LogP contribution >= 0.6 is 11.8 Å². The number of nitrogens with zero attached hydrogens (tertiary/aromatic N) is 2. The number of para-hydroxylation sites is 1. The second-order valence-corrected chi connectivity index (χ2v) is 5.70. The molecule has 2 aromatic carbocycles. The minimum Gasteiger partial charge on any atom is -0.300 e. The molecule has 2 aromatic rings. The van der Waals surface area contributed by atoms with E-state index in [1.54, 1.807) is 18.2 Å². The van der Waals surface area contributed by atoms with Gasteiger partial charge in [0.25, 0.3) is 11.6 Å². The number of thioether (sulfide) groups is 1. The van der Waals surface area contributed by atoms with Gasteiger partial charge in [-0.25, -0.2) is 4.99 Å². The van der Waals surface area contributed by atoms with E-state index >= 15 is 0 Å². The van der Waals surface area contributed by atoms with Crippen LogP contribution < -0.4 is 5.32 Å². The lowest BCUT2D eigenvalue weighted by atomic mass is 10.2. The van der Waals surface area contributed by atoms with Crippen molar-refractivity contribution in [2.45, 2.75) is 0 Å². The highest BCUT2D eigenvalue weighted by Gasteiger charge is 2.23. The van der Waals surface area contributed by atoms with E-state index in [2.05, 4.69) is 10.3 Å². The van der Waals surface area contributed by atoms with Crippen molar-refractivity contribution < 1.29 is 9.72 Å². The molecule has 6 nitrogen and oxygen atoms in total. The summed E-state index contributed by atoms with van der Waals surface area (Å²) in [6, 6.07) is 15.3. The van der Waals surface area contributed by atoms with Gasteiger partial charge in [0, 0.05) is 12.1 Å². The number of nitro benzene ring substituents is 1. The minimum atomic E-state index is -0.460. The van der Waals surface area contributed by atoms with Gasteiger partial charge in [0.05, 0.1) is 15.5 Å². The minimum absolute atomic E-state index is 0.0157. The first-order valence-corrected chi connectivity index (χ1v) is 7.52. The predicted molar refractivity (Wildman–Crippen MR) is 90.3 cm³/mol. The number of non-ortho nitro benzene ring substituents is 1. The maximum atomic E-state index is 12.0. The van der Waals surface area contributed by atoms with E-state index in [0.29, 0.717) is 15.6 Å². The number of nitro groups is 1. The fourth-order valence-corrected chi connectivity index (χ4v) is 2.79. The van der Waals surface area contributed by atoms with Crippen LogP contribution in [0.1, 0.15) is 5.56 Å². The largest absolute Gasteiger partial charge is 0.300 e. The molecular weight excluding hydrogens is 314 g/mol. The molecule has 1 heterocycles. The van der Waals surface area contributed by atoms with Crippen molar-refractivity contribution in [2.24, 2.45) is 4.99 Å². The molecule has 1 amide bonds. The van der Waals surface area contributed by atoms with Crippen molar-refractivity contribution >= 4 is 40.3 Å². The molecule has 0 aliphatic carbocycles. The molecule has 0 atom stereocenters. The number of carbonyl (C=O) groups excluding carboxylic acids is 1. The summed E-state index contributed by atoms with van der Waals surface area (Å²) in [4.78, 5) is 27.0. The Balaban J connectivity index is 1.80. The fraction of sp³-hybridized carbons (Fsp3) is 0. The highest BCUT2D eigenvalue weighted by Crippen LogP contribution is 2.28. The van der Waals surface area contributed by atoms with Crippen molar-refractivity contribution in [3.8, 4) is 0 Å². The van der Waals surface area contributed by atoms with Gasteiger partial charge in [0.1, 0.15) is 0 Å². The quantitative estimate of drug-likeness (QED) is 0.532. The molecule has 0 spiro atoms. The Morgan fingerprint density at radius 2 is 1.78 bits per heavy atom. The van der Waals surface area contributed by atoms with E-state index in [4.69, 9.17) is 0 Å². The average molecular weight is 325 g/mol. The molecule has 0 bridgehead atoms. The number of amides is 1. The first kappa shape index (κ1) is 15.0. The third kappa shape index (κ3) is 3.64. The number of benzene rings is 2. The lowest BCUT2D eigenvalue weighted by molar-refractivity contribution is -0.384. The second-order valence-electron chi connectivity index (χ2n) is 4.67. The molecule has 0 radical (unpaired) electrons. The molecule has 3 rings (SSSR count). The maximum Gasteiger partial charge on any atom is 0.269 e. The van der Waals surface area contributed by atoms with Crippen molar-refractivity contribution in [1.29, 1.82) is 0 Å². The second kappa shape index (κ2) is 6.45. The number of rotatable bonds is 3. The Kier molecular flexibility index (Phi) is 4.20. The Morgan fingerprint density at radius 1 is 1.09 bits per heavy atom. The van der Waals surface area contributed by atoms with Crippen molar-refractivity contribution in [2.75, 3.05) is 0 Å². The number of aliphatic imine (C=N–C) groups is 1. The summed E-state index contributed by atoms with van der Waals surface area (Å²) in [7, 11) is 0. The SMILES string of the molecule is O=C1NC(=Nc2ccccc2)SC1=Cc1ccc([N+](=O)[O-])cc1. The number of nitrogens with one attached hydrogen (secondary N) is 1. The topological polar surface area (TPSA) is 84.6 Å². The van der Waals surface area contributed by atoms with Crippen LogP contribution in [0.5, 0.6) is 0 Å². The number of hydrogen-bond donors (Lipinski definition) is 1. The molecule has 1 aliphatic rings. The Morgan fingerprint density at radius 3 is 2.43 bits per heavy atom. The number of carbonyl (C=O) groups is 1. The zero-order chi connectivity index (χ0) is 16.2. The van der Waals surface area contributed by atoms with Crippen LogP contribution in [0, 0.1) is 10.1 Å². The first-order valence-electron chi connectivity index (χ1n) is 6.71. The van der Waals surface area contributed by atoms with Crippen LogP contribution in [0.3, 0.4) is 0 Å². The zero-order valence-corrected chi connectivity index (χ0v) is 12.6. The summed E-state index contributed by atoms with van der Waals surface area (Å²) < 4.78 is 0. The molecule has 0 aromatic heterocycles. The lowest BCUT2D eigenvalue weighted by Gasteiger charge is -1.95. The third-order valence-corrected chi connectivity index (χ3v) is 3.95. The van der Waals surface area contributed by atoms with Gasteiger partial charge in [-0.15, -0.1) is 0 Å². The summed E-state index contributed by atoms with van der Waals surface area (Å²) >= 11 is 1.24. The molecule has 7 heteroatoms. The van der Waals surface area contributed by atoms with Gasteiger partial charge in [0.2, 0.25) is 0 Å². The molecule has 1 aliphatic heterocycles. The van der Waals surface area contributed by atoms with Gasteiger partial charge in [0.15, 0.2) is 5.17 Å². The Bertz CT molecular complexity index is 814. The van der Waals surface area contributed by atoms with E-state index in [-0.39, 0.29) is 11.6 Å². The van der Waals surface area contributed by atoms with E-state index in [1.807, 2.05) is 30.3 Å². The normalized spacial score (nSPS) is 17.5. The highest BCUT2D eigenvalue weighted by atomic mass is 32.2. The van der Waals surface area contributed by atoms with Crippen LogP contribution in [0.2, 0.25) is 0 Å². The summed E-state index contributed by atoms with van der Waals surface area (Å²) in [5.74, 6) is -0.233. The molecular formula is C16H11N3O3S. The van der Waals surface area contributed by atoms with Gasteiger partial charge < -0.3 is 5.32 Å². The average Bonchev–Trinajstić information content (AvgIpc) is 2.88. The molecule has 0 unspecified atom stereocenters. The number of hydrogen-bond acceptors (Lipinski definition) is 5. The summed E-state index contributed by atoms with van der Waals surface area (Å²) in [6.45, 7) is 0. The molecule has 1 N–H and O–H groups in total. The standard InChI is InChI=1S/C16H11N3O3S/c20-15-14(10-11-6-8-13(9-7-11)19(21)22)23-16(18-15)17-12-4-2-1-3-5-12/h1-10H,(H,17,18,20). The molecule has 1 saturated heterocycles. The summed E-state index contributed by atoms with van der Waals surface area (Å²) in [5, 5.41) is 13.8. The van der Waals surface area contributed by atoms with Gasteiger partial charge in [-0.05, 0) is 47.7 Å². The fourth-order valence-electron chi connectivity index (χ4n) is 1.94. The van der Waals surface area contributed by atoms with Gasteiger partial charge in [-0.1, -0.05) is 18.2 Å². The molecule has 114 valence electrons. The lowest BCUT2D eigenvalue weighted by Crippen LogP contribution is -2.19. The first-order chi connectivity index (χ1) is 11.1. The Labute approximate surface area is 136 Å². The van der Waals surface area contributed by atoms with E-state index in [9.17, 15) is 14.9 Å². The third-order valence-electron chi connectivity index (χ3n) is 3.04. The van der Waals surface area contributed by atoms with Crippen LogP contribution in [0.4, 0.5) is 11.4 Å². The van der Waals surface area contributed by atoms with Gasteiger partial charge >= 0.3 is 0 Å². The van der Waals surface area contributed by atoms with Crippen LogP contribution in [0.15, 0.2) is 64.5 Å². The maximum absolute atomic E-state index is 12.0. The van der Waals surface area contributed by atoms with E-state index < -0.39 is 4.92 Å². The number of amidine groups is 1. The molecule has 0 saturated carbocycles. The monoisotopic (exact) mass is 325 g/mol. The van der Waals surface area contributed by atoms with Crippen molar-refractivity contribution in [3.63, 3.8) is 0 Å². The van der Waals surface area contributed by atoms with E-state index in [1.165, 1.54) is 23.9 Å². The van der Waals surface area contributed by atoms with Crippen LogP contribution in [-0.2, 0) is 4.79 Å². The molecule has 23 heavy (non-hydrogen) atoms. The summed E-state index contributed by atoms with van der Waals surface area (Å²) in [6.07, 6.45) is 1.68. The van der Waals surface area contributed by atoms with Crippen molar-refractivity contribution in [1.82, 2.24) is 5.32 Å². The smallest absolute Gasteiger partial charge is 0.269 e. The zero-order valence-electron chi connectivity index (χ0n) is 11.8.